The summed E-state index contributed by atoms with van der Waals surface area (Å²) in [6.45, 7) is 0.510. The predicted molar refractivity (Wildman–Crippen MR) is 129 cm³/mol. The summed E-state index contributed by atoms with van der Waals surface area (Å²) >= 11 is 5.91. The Balaban J connectivity index is 1.48. The van der Waals surface area contributed by atoms with Crippen molar-refractivity contribution in [2.45, 2.75) is 0 Å². The average Bonchev–Trinajstić information content (AvgIpc) is 3.20. The Labute approximate surface area is 195 Å². The first-order valence-corrected chi connectivity index (χ1v) is 10.7. The Bertz CT molecular complexity index is 1280. The van der Waals surface area contributed by atoms with Crippen molar-refractivity contribution in [2.24, 2.45) is 0 Å². The summed E-state index contributed by atoms with van der Waals surface area (Å²) in [6, 6.07) is 21.2. The number of para-hydroxylation sites is 3. The van der Waals surface area contributed by atoms with E-state index in [-0.39, 0.29) is 30.7 Å². The molecule has 8 heteroatoms. The van der Waals surface area contributed by atoms with Gasteiger partial charge in [-0.05, 0) is 42.5 Å². The lowest BCUT2D eigenvalue weighted by atomic mass is 10.1. The first-order valence-electron chi connectivity index (χ1n) is 10.3. The van der Waals surface area contributed by atoms with Gasteiger partial charge in [-0.25, -0.2) is 0 Å². The van der Waals surface area contributed by atoms with Gasteiger partial charge in [0.1, 0.15) is 12.3 Å². The molecule has 4 rings (SSSR count). The molecule has 1 aromatic heterocycles. The fourth-order valence-electron chi connectivity index (χ4n) is 3.38. The van der Waals surface area contributed by atoms with Gasteiger partial charge in [-0.15, -0.1) is 0 Å². The molecule has 0 fully saturated rings. The third-order valence-electron chi connectivity index (χ3n) is 4.99. The standard InChI is InChI=1S/C25H22ClN3O4/c1-32-20-8-4-5-9-21(20)33-15-14-27-25(31)23-22(18-6-2-3-7-19(18)28-23)29-24(30)16-10-12-17(26)13-11-16/h2-13,28H,14-15H2,1H3,(H,27,31)(H,29,30). The number of hydrogen-bond donors (Lipinski definition) is 3. The van der Waals surface area contributed by atoms with Gasteiger partial charge < -0.3 is 25.1 Å². The highest BCUT2D eigenvalue weighted by Gasteiger charge is 2.20. The number of rotatable bonds is 8. The largest absolute Gasteiger partial charge is 0.493 e. The zero-order valence-electron chi connectivity index (χ0n) is 17.9. The number of aromatic amines is 1. The fourth-order valence-corrected chi connectivity index (χ4v) is 3.51. The topological polar surface area (TPSA) is 92.4 Å². The second kappa shape index (κ2) is 10.1. The van der Waals surface area contributed by atoms with E-state index in [4.69, 9.17) is 21.1 Å². The Kier molecular flexibility index (Phi) is 6.80. The van der Waals surface area contributed by atoms with Gasteiger partial charge in [-0.1, -0.05) is 41.9 Å². The van der Waals surface area contributed by atoms with E-state index in [1.54, 1.807) is 43.5 Å². The zero-order valence-corrected chi connectivity index (χ0v) is 18.6. The molecule has 33 heavy (non-hydrogen) atoms. The molecule has 3 N–H and O–H groups in total. The fraction of sp³-hybridized carbons (Fsp3) is 0.120. The van der Waals surface area contributed by atoms with Gasteiger partial charge in [-0.2, -0.15) is 0 Å². The number of benzene rings is 3. The first-order chi connectivity index (χ1) is 16.1. The number of ether oxygens (including phenoxy) is 2. The van der Waals surface area contributed by atoms with Crippen LogP contribution in [0.2, 0.25) is 5.02 Å². The molecule has 0 unspecified atom stereocenters. The Morgan fingerprint density at radius 2 is 1.61 bits per heavy atom. The molecule has 168 valence electrons. The van der Waals surface area contributed by atoms with Gasteiger partial charge in [0, 0.05) is 21.5 Å². The molecule has 4 aromatic rings. The number of anilines is 1. The summed E-state index contributed by atoms with van der Waals surface area (Å²) in [7, 11) is 1.57. The van der Waals surface area contributed by atoms with Crippen molar-refractivity contribution in [1.29, 1.82) is 0 Å². The van der Waals surface area contributed by atoms with Crippen molar-refractivity contribution in [2.75, 3.05) is 25.6 Å². The number of aromatic nitrogens is 1. The smallest absolute Gasteiger partial charge is 0.270 e. The lowest BCUT2D eigenvalue weighted by Crippen LogP contribution is -2.29. The summed E-state index contributed by atoms with van der Waals surface area (Å²) in [4.78, 5) is 28.8. The highest BCUT2D eigenvalue weighted by molar-refractivity contribution is 6.30. The normalized spacial score (nSPS) is 10.6. The number of fused-ring (bicyclic) bond motifs is 1. The first kappa shape index (κ1) is 22.2. The molecule has 0 radical (unpaired) electrons. The summed E-state index contributed by atoms with van der Waals surface area (Å²) in [5.74, 6) is 0.508. The van der Waals surface area contributed by atoms with Crippen LogP contribution >= 0.6 is 11.6 Å². The van der Waals surface area contributed by atoms with E-state index in [0.717, 1.165) is 10.9 Å². The van der Waals surface area contributed by atoms with Crippen LogP contribution in [0.1, 0.15) is 20.8 Å². The quantitative estimate of drug-likeness (QED) is 0.324. The van der Waals surface area contributed by atoms with Crippen molar-refractivity contribution >= 4 is 40.0 Å². The SMILES string of the molecule is COc1ccccc1OCCNC(=O)c1[nH]c2ccccc2c1NC(=O)c1ccc(Cl)cc1. The van der Waals surface area contributed by atoms with E-state index in [9.17, 15) is 9.59 Å². The van der Waals surface area contributed by atoms with E-state index in [0.29, 0.717) is 27.8 Å². The van der Waals surface area contributed by atoms with E-state index in [1.807, 2.05) is 36.4 Å². The summed E-state index contributed by atoms with van der Waals surface area (Å²) < 4.78 is 11.0. The second-order valence-electron chi connectivity index (χ2n) is 7.14. The van der Waals surface area contributed by atoms with Gasteiger partial charge in [0.05, 0.1) is 19.3 Å². The lowest BCUT2D eigenvalue weighted by Gasteiger charge is -2.11. The molecular weight excluding hydrogens is 442 g/mol. The van der Waals surface area contributed by atoms with Gasteiger partial charge in [0.2, 0.25) is 0 Å². The molecule has 0 saturated heterocycles. The maximum atomic E-state index is 12.9. The van der Waals surface area contributed by atoms with Gasteiger partial charge in [0.15, 0.2) is 11.5 Å². The summed E-state index contributed by atoms with van der Waals surface area (Å²) in [5, 5.41) is 6.95. The van der Waals surface area contributed by atoms with Crippen LogP contribution in [0.4, 0.5) is 5.69 Å². The van der Waals surface area contributed by atoms with Gasteiger partial charge in [-0.3, -0.25) is 9.59 Å². The highest BCUT2D eigenvalue weighted by Crippen LogP contribution is 2.29. The minimum absolute atomic E-state index is 0.249. The molecule has 7 nitrogen and oxygen atoms in total. The van der Waals surface area contributed by atoms with Gasteiger partial charge >= 0.3 is 0 Å². The zero-order chi connectivity index (χ0) is 23.2. The number of nitrogens with one attached hydrogen (secondary N) is 3. The molecule has 0 aliphatic carbocycles. The molecule has 0 aliphatic rings. The van der Waals surface area contributed by atoms with Crippen molar-refractivity contribution in [3.05, 3.63) is 89.1 Å². The average molecular weight is 464 g/mol. The second-order valence-corrected chi connectivity index (χ2v) is 7.57. The molecule has 0 bridgehead atoms. The number of carbonyl (C=O) groups is 2. The summed E-state index contributed by atoms with van der Waals surface area (Å²) in [6.07, 6.45) is 0. The van der Waals surface area contributed by atoms with Crippen LogP contribution in [0, 0.1) is 0 Å². The minimum atomic E-state index is -0.360. The van der Waals surface area contributed by atoms with Crippen LogP contribution in [-0.2, 0) is 0 Å². The third-order valence-corrected chi connectivity index (χ3v) is 5.24. The van der Waals surface area contributed by atoms with E-state index in [2.05, 4.69) is 15.6 Å². The monoisotopic (exact) mass is 463 g/mol. The molecule has 0 aliphatic heterocycles. The van der Waals surface area contributed by atoms with Crippen LogP contribution in [0.3, 0.4) is 0 Å². The van der Waals surface area contributed by atoms with Crippen LogP contribution in [0.25, 0.3) is 10.9 Å². The molecule has 0 spiro atoms. The number of halogens is 1. The minimum Gasteiger partial charge on any atom is -0.493 e. The van der Waals surface area contributed by atoms with Crippen molar-refractivity contribution < 1.29 is 19.1 Å². The van der Waals surface area contributed by atoms with E-state index in [1.165, 1.54) is 0 Å². The van der Waals surface area contributed by atoms with Crippen LogP contribution < -0.4 is 20.1 Å². The molecule has 0 atom stereocenters. The van der Waals surface area contributed by atoms with Crippen molar-refractivity contribution in [1.82, 2.24) is 10.3 Å². The van der Waals surface area contributed by atoms with E-state index >= 15 is 0 Å². The summed E-state index contributed by atoms with van der Waals surface area (Å²) in [5.41, 5.74) is 1.84. The predicted octanol–water partition coefficient (Wildman–Crippen LogP) is 4.89. The van der Waals surface area contributed by atoms with Crippen molar-refractivity contribution in [3.8, 4) is 11.5 Å². The number of hydrogen-bond acceptors (Lipinski definition) is 4. The Morgan fingerprint density at radius 1 is 0.909 bits per heavy atom. The van der Waals surface area contributed by atoms with Crippen LogP contribution in [0.5, 0.6) is 11.5 Å². The highest BCUT2D eigenvalue weighted by atomic mass is 35.5. The molecule has 2 amide bonds. The molecule has 0 saturated carbocycles. The number of amides is 2. The Hall–Kier alpha value is -3.97. The van der Waals surface area contributed by atoms with E-state index < -0.39 is 0 Å². The maximum Gasteiger partial charge on any atom is 0.270 e. The number of methoxy groups -OCH3 is 1. The molecule has 1 heterocycles. The lowest BCUT2D eigenvalue weighted by molar-refractivity contribution is 0.0943. The van der Waals surface area contributed by atoms with Crippen LogP contribution in [-0.4, -0.2) is 37.1 Å². The maximum absolute atomic E-state index is 12.9. The molecule has 3 aromatic carbocycles. The van der Waals surface area contributed by atoms with Crippen molar-refractivity contribution in [3.63, 3.8) is 0 Å². The Morgan fingerprint density at radius 3 is 2.36 bits per heavy atom. The number of carbonyl (C=O) groups excluding carboxylic acids is 2. The third kappa shape index (κ3) is 5.10. The molecular formula is C25H22ClN3O4. The number of H-pyrrole nitrogens is 1. The van der Waals surface area contributed by atoms with Gasteiger partial charge in [0.25, 0.3) is 11.8 Å². The van der Waals surface area contributed by atoms with Crippen LogP contribution in [0.15, 0.2) is 72.8 Å².